The lowest BCUT2D eigenvalue weighted by molar-refractivity contribution is 0.0953. The second-order valence-electron chi connectivity index (χ2n) is 4.41. The predicted molar refractivity (Wildman–Crippen MR) is 76.2 cm³/mol. The van der Waals surface area contributed by atoms with Gasteiger partial charge in [-0.15, -0.1) is 0 Å². The Kier molecular flexibility index (Phi) is 5.34. The molecule has 0 fully saturated rings. The smallest absolute Gasteiger partial charge is 0.251 e. The zero-order valence-electron chi connectivity index (χ0n) is 11.1. The van der Waals surface area contributed by atoms with E-state index in [1.54, 1.807) is 12.3 Å². The normalized spacial score (nSPS) is 12.2. The molecule has 1 aromatic carbocycles. The van der Waals surface area contributed by atoms with Gasteiger partial charge in [0.25, 0.3) is 5.91 Å². The van der Waals surface area contributed by atoms with Crippen LogP contribution in [0.25, 0.3) is 0 Å². The fraction of sp³-hybridized carbons (Fsp3) is 0.462. The van der Waals surface area contributed by atoms with Gasteiger partial charge in [-0.2, -0.15) is 0 Å². The molecule has 100 valence electrons. The van der Waals surface area contributed by atoms with Crippen LogP contribution in [0.2, 0.25) is 0 Å². The number of carbonyl (C=O) groups excluding carboxylic acids is 1. The van der Waals surface area contributed by atoms with E-state index in [0.717, 1.165) is 17.5 Å². The summed E-state index contributed by atoms with van der Waals surface area (Å²) in [5.41, 5.74) is 8.93. The van der Waals surface area contributed by atoms with Crippen molar-refractivity contribution < 1.29 is 9.00 Å². The molecule has 1 unspecified atom stereocenters. The van der Waals surface area contributed by atoms with E-state index in [9.17, 15) is 9.00 Å². The number of nitrogen functional groups attached to an aromatic ring is 1. The van der Waals surface area contributed by atoms with Gasteiger partial charge in [0.2, 0.25) is 0 Å². The number of benzene rings is 1. The van der Waals surface area contributed by atoms with E-state index >= 15 is 0 Å². The van der Waals surface area contributed by atoms with Crippen molar-refractivity contribution in [2.75, 3.05) is 24.3 Å². The molecule has 3 N–H and O–H groups in total. The Balaban J connectivity index is 2.62. The van der Waals surface area contributed by atoms with Gasteiger partial charge in [0.15, 0.2) is 0 Å². The van der Waals surface area contributed by atoms with E-state index in [4.69, 9.17) is 5.73 Å². The van der Waals surface area contributed by atoms with Gasteiger partial charge in [-0.3, -0.25) is 9.00 Å². The average Bonchev–Trinajstić information content (AvgIpc) is 2.28. The molecule has 1 rings (SSSR count). The van der Waals surface area contributed by atoms with E-state index in [1.807, 2.05) is 19.9 Å². The molecule has 0 aliphatic carbocycles. The molecule has 0 bridgehead atoms. The topological polar surface area (TPSA) is 72.2 Å². The maximum absolute atomic E-state index is 11.9. The highest BCUT2D eigenvalue weighted by atomic mass is 32.2. The second-order valence-corrected chi connectivity index (χ2v) is 5.97. The Morgan fingerprint density at radius 3 is 2.61 bits per heavy atom. The summed E-state index contributed by atoms with van der Waals surface area (Å²) in [6.07, 6.45) is 2.38. The quantitative estimate of drug-likeness (QED) is 0.626. The van der Waals surface area contributed by atoms with Gasteiger partial charge in [-0.25, -0.2) is 0 Å². The van der Waals surface area contributed by atoms with E-state index < -0.39 is 10.8 Å². The molecule has 1 aromatic rings. The second kappa shape index (κ2) is 6.54. The number of amides is 1. The lowest BCUT2D eigenvalue weighted by Crippen LogP contribution is -2.26. The molecule has 4 nitrogen and oxygen atoms in total. The zero-order chi connectivity index (χ0) is 13.7. The molecule has 18 heavy (non-hydrogen) atoms. The highest BCUT2D eigenvalue weighted by molar-refractivity contribution is 7.84. The van der Waals surface area contributed by atoms with Crippen LogP contribution in [-0.4, -0.2) is 28.7 Å². The molecular weight excluding hydrogens is 248 g/mol. The van der Waals surface area contributed by atoms with Crippen LogP contribution < -0.4 is 11.1 Å². The summed E-state index contributed by atoms with van der Waals surface area (Å²) in [6, 6.07) is 3.61. The maximum atomic E-state index is 11.9. The monoisotopic (exact) mass is 268 g/mol. The highest BCUT2D eigenvalue weighted by Gasteiger charge is 2.10. The molecule has 0 spiro atoms. The molecule has 0 aliphatic heterocycles. The fourth-order valence-corrected chi connectivity index (χ4v) is 2.24. The van der Waals surface area contributed by atoms with Crippen LogP contribution in [0.15, 0.2) is 12.1 Å². The van der Waals surface area contributed by atoms with Gasteiger partial charge in [-0.05, 0) is 37.5 Å². The predicted octanol–water partition coefficient (Wildman–Crippen LogP) is 1.38. The van der Waals surface area contributed by atoms with E-state index in [1.165, 1.54) is 0 Å². The summed E-state index contributed by atoms with van der Waals surface area (Å²) < 4.78 is 10.9. The fourth-order valence-electron chi connectivity index (χ4n) is 1.69. The minimum atomic E-state index is -0.807. The molecule has 0 heterocycles. The maximum Gasteiger partial charge on any atom is 0.251 e. The van der Waals surface area contributed by atoms with Crippen LogP contribution in [0.3, 0.4) is 0 Å². The van der Waals surface area contributed by atoms with Gasteiger partial charge < -0.3 is 11.1 Å². The van der Waals surface area contributed by atoms with Crippen LogP contribution in [0.4, 0.5) is 5.69 Å². The lowest BCUT2D eigenvalue weighted by Gasteiger charge is -2.10. The number of anilines is 1. The lowest BCUT2D eigenvalue weighted by atomic mass is 10.0. The van der Waals surface area contributed by atoms with Crippen LogP contribution in [-0.2, 0) is 10.8 Å². The minimum absolute atomic E-state index is 0.124. The Labute approximate surface area is 110 Å². The first-order valence-corrected chi connectivity index (χ1v) is 7.59. The van der Waals surface area contributed by atoms with Crippen molar-refractivity contribution in [2.24, 2.45) is 0 Å². The summed E-state index contributed by atoms with van der Waals surface area (Å²) in [4.78, 5) is 11.9. The van der Waals surface area contributed by atoms with Crippen LogP contribution >= 0.6 is 0 Å². The average molecular weight is 268 g/mol. The first-order valence-electron chi connectivity index (χ1n) is 5.86. The highest BCUT2D eigenvalue weighted by Crippen LogP contribution is 2.17. The SMILES string of the molecule is Cc1cc(C)c(C(=O)NCCCS(C)=O)cc1N. The van der Waals surface area contributed by atoms with Gasteiger partial charge in [0.05, 0.1) is 0 Å². The standard InChI is InChI=1S/C13H20N2O2S/c1-9-7-10(2)12(14)8-11(9)13(16)15-5-4-6-18(3)17/h7-8H,4-6,14H2,1-3H3,(H,15,16). The van der Waals surface area contributed by atoms with Gasteiger partial charge in [0, 0.05) is 40.6 Å². The van der Waals surface area contributed by atoms with Crippen molar-refractivity contribution in [3.63, 3.8) is 0 Å². The van der Waals surface area contributed by atoms with E-state index in [0.29, 0.717) is 23.5 Å². The summed E-state index contributed by atoms with van der Waals surface area (Å²) in [7, 11) is -0.807. The zero-order valence-corrected chi connectivity index (χ0v) is 11.9. The number of carbonyl (C=O) groups is 1. The molecule has 5 heteroatoms. The van der Waals surface area contributed by atoms with Gasteiger partial charge >= 0.3 is 0 Å². The van der Waals surface area contributed by atoms with Crippen LogP contribution in [0, 0.1) is 13.8 Å². The van der Waals surface area contributed by atoms with Crippen molar-refractivity contribution in [2.45, 2.75) is 20.3 Å². The summed E-state index contributed by atoms with van der Waals surface area (Å²) >= 11 is 0. The molecule has 0 aliphatic rings. The summed E-state index contributed by atoms with van der Waals surface area (Å²) in [5, 5.41) is 2.81. The number of hydrogen-bond donors (Lipinski definition) is 2. The molecule has 0 saturated heterocycles. The number of nitrogens with two attached hydrogens (primary N) is 1. The summed E-state index contributed by atoms with van der Waals surface area (Å²) in [6.45, 7) is 4.34. The van der Waals surface area contributed by atoms with Gasteiger partial charge in [-0.1, -0.05) is 6.07 Å². The Hall–Kier alpha value is -1.36. The van der Waals surface area contributed by atoms with Crippen molar-refractivity contribution >= 4 is 22.4 Å². The molecule has 1 atom stereocenters. The first-order chi connectivity index (χ1) is 8.41. The number of hydrogen-bond acceptors (Lipinski definition) is 3. The molecule has 0 aromatic heterocycles. The third kappa shape index (κ3) is 4.14. The molecule has 0 radical (unpaired) electrons. The van der Waals surface area contributed by atoms with Crippen LogP contribution in [0.1, 0.15) is 27.9 Å². The first kappa shape index (κ1) is 14.7. The molecular formula is C13H20N2O2S. The Bertz CT molecular complexity index is 472. The van der Waals surface area contributed by atoms with Crippen LogP contribution in [0.5, 0.6) is 0 Å². The summed E-state index contributed by atoms with van der Waals surface area (Å²) in [5.74, 6) is 0.482. The number of rotatable bonds is 5. The van der Waals surface area contributed by atoms with Crippen molar-refractivity contribution in [1.29, 1.82) is 0 Å². The minimum Gasteiger partial charge on any atom is -0.398 e. The molecule has 0 saturated carbocycles. The van der Waals surface area contributed by atoms with Crippen molar-refractivity contribution in [3.05, 3.63) is 28.8 Å². The van der Waals surface area contributed by atoms with E-state index in [2.05, 4.69) is 5.32 Å². The number of aryl methyl sites for hydroxylation is 2. The largest absolute Gasteiger partial charge is 0.398 e. The Morgan fingerprint density at radius 1 is 1.33 bits per heavy atom. The van der Waals surface area contributed by atoms with E-state index in [-0.39, 0.29) is 5.91 Å². The van der Waals surface area contributed by atoms with Gasteiger partial charge in [0.1, 0.15) is 0 Å². The van der Waals surface area contributed by atoms with Crippen molar-refractivity contribution in [3.8, 4) is 0 Å². The molecule has 1 amide bonds. The van der Waals surface area contributed by atoms with Crippen molar-refractivity contribution in [1.82, 2.24) is 5.32 Å². The third-order valence-electron chi connectivity index (χ3n) is 2.75. The Morgan fingerprint density at radius 2 is 2.00 bits per heavy atom. The third-order valence-corrected chi connectivity index (χ3v) is 3.62. The number of nitrogens with one attached hydrogen (secondary N) is 1.